The third kappa shape index (κ3) is 6.20. The molecule has 1 aliphatic carbocycles. The van der Waals surface area contributed by atoms with Crippen molar-refractivity contribution in [2.75, 3.05) is 64.7 Å². The Bertz CT molecular complexity index is 1240. The molecule has 2 unspecified atom stereocenters. The zero-order valence-electron chi connectivity index (χ0n) is 24.0. The Labute approximate surface area is 249 Å². The number of halogens is 4. The van der Waals surface area contributed by atoms with Crippen molar-refractivity contribution in [3.63, 3.8) is 0 Å². The number of carbonyl (C=O) groups excluding carboxylic acids is 2. The van der Waals surface area contributed by atoms with E-state index in [1.807, 2.05) is 24.9 Å². The molecule has 0 radical (unpaired) electrons. The maximum absolute atomic E-state index is 14.1. The number of piperazine rings is 1. The molecule has 5 rings (SSSR count). The van der Waals surface area contributed by atoms with Gasteiger partial charge in [0.25, 0.3) is 17.4 Å². The lowest BCUT2D eigenvalue weighted by Gasteiger charge is -2.48. The second-order valence-electron chi connectivity index (χ2n) is 12.0. The van der Waals surface area contributed by atoms with Gasteiger partial charge in [-0.25, -0.2) is 0 Å². The van der Waals surface area contributed by atoms with Crippen LogP contribution in [0.1, 0.15) is 36.5 Å². The van der Waals surface area contributed by atoms with Crippen molar-refractivity contribution < 1.29 is 27.9 Å². The Morgan fingerprint density at radius 1 is 1.02 bits per heavy atom. The van der Waals surface area contributed by atoms with E-state index in [4.69, 9.17) is 11.6 Å². The minimum atomic E-state index is -5.12. The van der Waals surface area contributed by atoms with Gasteiger partial charge in [-0.15, -0.1) is 0 Å². The molecule has 42 heavy (non-hydrogen) atoms. The van der Waals surface area contributed by atoms with E-state index in [1.165, 1.54) is 12.2 Å². The highest BCUT2D eigenvalue weighted by molar-refractivity contribution is 6.34. The average Bonchev–Trinajstić information content (AvgIpc) is 2.94. The Hall–Kier alpha value is -2.60. The number of aliphatic hydroxyl groups is 1. The zero-order chi connectivity index (χ0) is 30.2. The number of hydrogen-bond donors (Lipinski definition) is 2. The third-order valence-electron chi connectivity index (χ3n) is 8.99. The van der Waals surface area contributed by atoms with Crippen LogP contribution in [0.15, 0.2) is 42.0 Å². The average molecular weight is 610 g/mol. The Kier molecular flexibility index (Phi) is 8.95. The number of rotatable bonds is 6. The molecule has 3 fully saturated rings. The number of piperidine rings is 1. The minimum absolute atomic E-state index is 0.0552. The number of alkyl halides is 3. The number of hydrogen-bond acceptors (Lipinski definition) is 6. The lowest BCUT2D eigenvalue weighted by Crippen LogP contribution is -2.63. The van der Waals surface area contributed by atoms with Crippen LogP contribution >= 0.6 is 11.6 Å². The number of benzene rings is 1. The topological polar surface area (TPSA) is 79.4 Å². The number of likely N-dealkylation sites (tertiary alicyclic amines) is 2. The molecule has 0 bridgehead atoms. The van der Waals surface area contributed by atoms with Crippen LogP contribution in [-0.4, -0.2) is 120 Å². The largest absolute Gasteiger partial charge is 0.430 e. The highest BCUT2D eigenvalue weighted by Gasteiger charge is 2.62. The Balaban J connectivity index is 1.11. The number of nitrogens with zero attached hydrogens (tertiary/aromatic N) is 4. The highest BCUT2D eigenvalue weighted by atomic mass is 35.5. The first-order chi connectivity index (χ1) is 19.9. The number of allylic oxidation sites excluding steroid dienone is 2. The van der Waals surface area contributed by atoms with E-state index in [0.29, 0.717) is 42.9 Å². The molecule has 230 valence electrons. The summed E-state index contributed by atoms with van der Waals surface area (Å²) in [6, 6.07) is 5.71. The monoisotopic (exact) mass is 609 g/mol. The molecule has 2 amide bonds. The zero-order valence-corrected chi connectivity index (χ0v) is 24.8. The van der Waals surface area contributed by atoms with E-state index in [2.05, 4.69) is 15.1 Å². The molecule has 0 spiro atoms. The van der Waals surface area contributed by atoms with Crippen molar-refractivity contribution in [1.29, 1.82) is 0 Å². The van der Waals surface area contributed by atoms with Gasteiger partial charge in [-0.1, -0.05) is 36.8 Å². The number of likely N-dealkylation sites (N-methyl/N-ethyl adjacent to an activating group) is 1. The molecule has 8 nitrogen and oxygen atoms in total. The van der Waals surface area contributed by atoms with Gasteiger partial charge in [0.05, 0.1) is 16.6 Å². The molecule has 12 heteroatoms. The van der Waals surface area contributed by atoms with E-state index in [9.17, 15) is 27.9 Å². The van der Waals surface area contributed by atoms with Gasteiger partial charge >= 0.3 is 6.18 Å². The van der Waals surface area contributed by atoms with Crippen molar-refractivity contribution >= 4 is 29.1 Å². The summed E-state index contributed by atoms with van der Waals surface area (Å²) in [6.45, 7) is 6.69. The fourth-order valence-corrected chi connectivity index (χ4v) is 6.42. The van der Waals surface area contributed by atoms with E-state index in [0.717, 1.165) is 36.8 Å². The molecule has 2 N–H and O–H groups in total. The molecule has 0 saturated carbocycles. The maximum Gasteiger partial charge on any atom is 0.430 e. The lowest BCUT2D eigenvalue weighted by atomic mass is 9.84. The first-order valence-electron chi connectivity index (χ1n) is 14.6. The molecular weight excluding hydrogens is 571 g/mol. The van der Waals surface area contributed by atoms with Gasteiger partial charge in [-0.05, 0) is 56.0 Å². The quantitative estimate of drug-likeness (QED) is 0.513. The fraction of sp³-hybridized carbons (Fsp3) is 0.600. The fourth-order valence-electron chi connectivity index (χ4n) is 6.16. The second-order valence-corrected chi connectivity index (χ2v) is 12.5. The van der Waals surface area contributed by atoms with Crippen LogP contribution in [0.4, 0.5) is 18.9 Å². The molecule has 0 aromatic heterocycles. The number of anilines is 1. The van der Waals surface area contributed by atoms with Crippen molar-refractivity contribution in [2.24, 2.45) is 5.92 Å². The minimum Gasteiger partial charge on any atom is -0.380 e. The number of amides is 2. The SMILES string of the molecule is CC1C=CC(C(O)(C(=O)N2CCC(N3CC(Nc4ccc(C(=O)N5CCN(C)CC5)c(Cl)c4)C3)CC2)C(F)(F)F)=CC1. The molecule has 3 heterocycles. The van der Waals surface area contributed by atoms with Crippen LogP contribution in [0, 0.1) is 5.92 Å². The molecule has 2 atom stereocenters. The normalized spacial score (nSPS) is 24.6. The Morgan fingerprint density at radius 3 is 2.26 bits per heavy atom. The summed E-state index contributed by atoms with van der Waals surface area (Å²) >= 11 is 6.49. The van der Waals surface area contributed by atoms with E-state index >= 15 is 0 Å². The molecule has 4 aliphatic rings. The summed E-state index contributed by atoms with van der Waals surface area (Å²) in [6.07, 6.45) is 0.437. The molecule has 3 aliphatic heterocycles. The first kappa shape index (κ1) is 30.8. The van der Waals surface area contributed by atoms with Gasteiger partial charge < -0.3 is 25.1 Å². The van der Waals surface area contributed by atoms with Crippen molar-refractivity contribution in [2.45, 2.75) is 50.0 Å². The Morgan fingerprint density at radius 2 is 1.69 bits per heavy atom. The number of carbonyl (C=O) groups is 2. The summed E-state index contributed by atoms with van der Waals surface area (Å²) in [4.78, 5) is 33.4. The van der Waals surface area contributed by atoms with Gasteiger partial charge in [-0.3, -0.25) is 14.5 Å². The molecule has 1 aromatic rings. The third-order valence-corrected chi connectivity index (χ3v) is 9.30. The van der Waals surface area contributed by atoms with Crippen LogP contribution in [0.5, 0.6) is 0 Å². The lowest BCUT2D eigenvalue weighted by molar-refractivity contribution is -0.242. The van der Waals surface area contributed by atoms with Crippen molar-refractivity contribution in [3.05, 3.63) is 52.6 Å². The van der Waals surface area contributed by atoms with Crippen molar-refractivity contribution in [1.82, 2.24) is 19.6 Å². The predicted octanol–water partition coefficient (Wildman–Crippen LogP) is 3.63. The number of nitrogens with one attached hydrogen (secondary N) is 1. The second kappa shape index (κ2) is 12.2. The molecule has 3 saturated heterocycles. The van der Waals surface area contributed by atoms with E-state index in [-0.39, 0.29) is 37.0 Å². The van der Waals surface area contributed by atoms with Crippen LogP contribution < -0.4 is 5.32 Å². The van der Waals surface area contributed by atoms with Crippen LogP contribution in [0.3, 0.4) is 0 Å². The first-order valence-corrected chi connectivity index (χ1v) is 15.0. The van der Waals surface area contributed by atoms with E-state index < -0.39 is 23.3 Å². The summed E-state index contributed by atoms with van der Waals surface area (Å²) in [7, 11) is 2.04. The maximum atomic E-state index is 14.1. The molecule has 1 aromatic carbocycles. The van der Waals surface area contributed by atoms with Crippen molar-refractivity contribution in [3.8, 4) is 0 Å². The van der Waals surface area contributed by atoms with Crippen LogP contribution in [0.25, 0.3) is 0 Å². The standard InChI is InChI=1S/C30H39ClF3N5O3/c1-20-3-5-21(6-4-20)29(42,30(32,33)34)28(41)38-11-9-24(10-12-38)39-18-23(19-39)35-22-7-8-25(26(31)17-22)27(40)37-15-13-36(2)14-16-37/h3,5-8,17,20,23-24,35,42H,4,9-16,18-19H2,1-2H3. The predicted molar refractivity (Wildman–Crippen MR) is 155 cm³/mol. The van der Waals surface area contributed by atoms with Crippen LogP contribution in [0.2, 0.25) is 5.02 Å². The summed E-state index contributed by atoms with van der Waals surface area (Å²) < 4.78 is 42.2. The summed E-state index contributed by atoms with van der Waals surface area (Å²) in [5.74, 6) is -1.30. The van der Waals surface area contributed by atoms with Gasteiger partial charge in [-0.2, -0.15) is 13.2 Å². The summed E-state index contributed by atoms with van der Waals surface area (Å²) in [5.41, 5.74) is -2.61. The smallest absolute Gasteiger partial charge is 0.380 e. The van der Waals surface area contributed by atoms with Gasteiger partial charge in [0, 0.05) is 64.1 Å². The van der Waals surface area contributed by atoms with Gasteiger partial charge in [0.15, 0.2) is 0 Å². The van der Waals surface area contributed by atoms with Gasteiger partial charge in [0.2, 0.25) is 0 Å². The van der Waals surface area contributed by atoms with Gasteiger partial charge in [0.1, 0.15) is 0 Å². The summed E-state index contributed by atoms with van der Waals surface area (Å²) in [5, 5.41) is 14.6. The highest BCUT2D eigenvalue weighted by Crippen LogP contribution is 2.41. The van der Waals surface area contributed by atoms with Crippen LogP contribution in [-0.2, 0) is 4.79 Å². The van der Waals surface area contributed by atoms with E-state index in [1.54, 1.807) is 18.2 Å². The molecular formula is C30H39ClF3N5O3.